The number of nitrogen functional groups attached to an aromatic ring is 4. The highest BCUT2D eigenvalue weighted by Gasteiger charge is 2.13. The average Bonchev–Trinajstić information content (AvgIpc) is 2.54. The van der Waals surface area contributed by atoms with Gasteiger partial charge in [-0.1, -0.05) is 0 Å². The van der Waals surface area contributed by atoms with Crippen molar-refractivity contribution in [3.8, 4) is 0 Å². The van der Waals surface area contributed by atoms with Crippen molar-refractivity contribution in [2.45, 2.75) is 0 Å². The molecule has 0 amide bonds. The fourth-order valence-electron chi connectivity index (χ4n) is 1.63. The number of hydrazine groups is 2. The van der Waals surface area contributed by atoms with E-state index in [-0.39, 0.29) is 0 Å². The smallest absolute Gasteiger partial charge is 0.127 e. The van der Waals surface area contributed by atoms with Crippen molar-refractivity contribution < 1.29 is 0 Å². The molecule has 1 heterocycles. The van der Waals surface area contributed by atoms with E-state index in [9.17, 15) is 0 Å². The Balaban J connectivity index is 2.87. The standard InChI is InChI=1S/C8H13N7/c9-3-1-2-4-5(6(3)14-11)7(15-12)8(10)13-4/h1-2,13-15H,9-12H2. The summed E-state index contributed by atoms with van der Waals surface area (Å²) in [6.07, 6.45) is 0. The molecular formula is C8H13N7. The first kappa shape index (κ1) is 9.44. The zero-order valence-corrected chi connectivity index (χ0v) is 7.96. The third-order valence-electron chi connectivity index (χ3n) is 2.31. The molecule has 2 rings (SSSR count). The van der Waals surface area contributed by atoms with E-state index in [4.69, 9.17) is 23.2 Å². The molecule has 7 heteroatoms. The molecule has 7 nitrogen and oxygen atoms in total. The number of benzene rings is 1. The molecule has 0 aliphatic rings. The van der Waals surface area contributed by atoms with Crippen LogP contribution in [0.4, 0.5) is 22.9 Å². The van der Waals surface area contributed by atoms with Gasteiger partial charge in [0.2, 0.25) is 0 Å². The van der Waals surface area contributed by atoms with Crippen LogP contribution in [0.15, 0.2) is 12.1 Å². The summed E-state index contributed by atoms with van der Waals surface area (Å²) in [5.41, 5.74) is 19.0. The van der Waals surface area contributed by atoms with E-state index in [1.54, 1.807) is 6.07 Å². The minimum Gasteiger partial charge on any atom is -0.397 e. The fourth-order valence-corrected chi connectivity index (χ4v) is 1.63. The Labute approximate surface area is 85.7 Å². The molecular weight excluding hydrogens is 194 g/mol. The van der Waals surface area contributed by atoms with Gasteiger partial charge in [0.1, 0.15) is 11.5 Å². The van der Waals surface area contributed by atoms with E-state index in [1.807, 2.05) is 6.07 Å². The van der Waals surface area contributed by atoms with E-state index >= 15 is 0 Å². The van der Waals surface area contributed by atoms with Crippen LogP contribution >= 0.6 is 0 Å². The van der Waals surface area contributed by atoms with Gasteiger partial charge in [0.05, 0.1) is 22.3 Å². The number of aromatic amines is 1. The third-order valence-corrected chi connectivity index (χ3v) is 2.31. The molecule has 0 saturated carbocycles. The summed E-state index contributed by atoms with van der Waals surface area (Å²) in [6.45, 7) is 0. The number of anilines is 4. The molecule has 0 saturated heterocycles. The molecule has 80 valence electrons. The second kappa shape index (κ2) is 3.23. The van der Waals surface area contributed by atoms with Gasteiger partial charge in [0.25, 0.3) is 0 Å². The van der Waals surface area contributed by atoms with Gasteiger partial charge in [-0.3, -0.25) is 11.7 Å². The summed E-state index contributed by atoms with van der Waals surface area (Å²) in [5, 5.41) is 0.748. The first-order valence-corrected chi connectivity index (χ1v) is 4.32. The third kappa shape index (κ3) is 1.22. The molecule has 0 unspecified atom stereocenters. The SMILES string of the molecule is NNc1c(N)ccc2[nH]c(N)c(NN)c12. The van der Waals surface area contributed by atoms with E-state index in [0.717, 1.165) is 10.9 Å². The Morgan fingerprint density at radius 3 is 2.27 bits per heavy atom. The normalized spacial score (nSPS) is 10.5. The highest BCUT2D eigenvalue weighted by Crippen LogP contribution is 2.37. The zero-order chi connectivity index (χ0) is 11.0. The topological polar surface area (TPSA) is 144 Å². The summed E-state index contributed by atoms with van der Waals surface area (Å²) in [4.78, 5) is 2.96. The molecule has 0 radical (unpaired) electrons. The second-order valence-electron chi connectivity index (χ2n) is 3.15. The highest BCUT2D eigenvalue weighted by atomic mass is 15.2. The molecule has 1 aromatic heterocycles. The second-order valence-corrected chi connectivity index (χ2v) is 3.15. The number of hydrogen-bond acceptors (Lipinski definition) is 6. The molecule has 0 fully saturated rings. The van der Waals surface area contributed by atoms with Crippen LogP contribution in [0.3, 0.4) is 0 Å². The minimum absolute atomic E-state index is 0.439. The summed E-state index contributed by atoms with van der Waals surface area (Å²) in [7, 11) is 0. The average molecular weight is 207 g/mol. The molecule has 15 heavy (non-hydrogen) atoms. The van der Waals surface area contributed by atoms with Gasteiger partial charge >= 0.3 is 0 Å². The maximum absolute atomic E-state index is 5.76. The Kier molecular flexibility index (Phi) is 2.03. The van der Waals surface area contributed by atoms with Crippen molar-refractivity contribution in [1.29, 1.82) is 0 Å². The summed E-state index contributed by atoms with van der Waals surface area (Å²) in [5.74, 6) is 11.2. The van der Waals surface area contributed by atoms with E-state index in [1.165, 1.54) is 0 Å². The maximum Gasteiger partial charge on any atom is 0.127 e. The van der Waals surface area contributed by atoms with Gasteiger partial charge in [0, 0.05) is 0 Å². The summed E-state index contributed by atoms with van der Waals surface area (Å²) in [6, 6.07) is 3.54. The van der Waals surface area contributed by atoms with Crippen LogP contribution in [0, 0.1) is 0 Å². The largest absolute Gasteiger partial charge is 0.397 e. The number of H-pyrrole nitrogens is 1. The van der Waals surface area contributed by atoms with Crippen molar-refractivity contribution >= 4 is 33.8 Å². The Morgan fingerprint density at radius 2 is 1.67 bits per heavy atom. The van der Waals surface area contributed by atoms with Gasteiger partial charge in [-0.2, -0.15) is 0 Å². The van der Waals surface area contributed by atoms with Crippen molar-refractivity contribution in [2.24, 2.45) is 11.7 Å². The minimum atomic E-state index is 0.439. The fraction of sp³-hybridized carbons (Fsp3) is 0. The van der Waals surface area contributed by atoms with E-state index in [0.29, 0.717) is 22.9 Å². The van der Waals surface area contributed by atoms with E-state index < -0.39 is 0 Å². The Bertz CT molecular complexity index is 501. The van der Waals surface area contributed by atoms with Crippen LogP contribution < -0.4 is 34.0 Å². The van der Waals surface area contributed by atoms with Crippen LogP contribution in [0.5, 0.6) is 0 Å². The van der Waals surface area contributed by atoms with Crippen LogP contribution in [-0.4, -0.2) is 4.98 Å². The molecule has 0 aliphatic heterocycles. The maximum atomic E-state index is 5.76. The number of nitrogens with two attached hydrogens (primary N) is 4. The van der Waals surface area contributed by atoms with Gasteiger partial charge in [-0.05, 0) is 12.1 Å². The van der Waals surface area contributed by atoms with Crippen LogP contribution in [0.25, 0.3) is 10.9 Å². The summed E-state index contributed by atoms with van der Waals surface area (Å²) < 4.78 is 0. The van der Waals surface area contributed by atoms with Crippen molar-refractivity contribution in [2.75, 3.05) is 22.3 Å². The van der Waals surface area contributed by atoms with Crippen LogP contribution in [0.2, 0.25) is 0 Å². The quantitative estimate of drug-likeness (QED) is 0.208. The number of aromatic nitrogens is 1. The van der Waals surface area contributed by atoms with E-state index in [2.05, 4.69) is 15.8 Å². The molecule has 0 bridgehead atoms. The highest BCUT2D eigenvalue weighted by molar-refractivity contribution is 6.09. The van der Waals surface area contributed by atoms with Crippen molar-refractivity contribution in [3.63, 3.8) is 0 Å². The Hall–Kier alpha value is -2.12. The Morgan fingerprint density at radius 1 is 1.00 bits per heavy atom. The predicted molar refractivity (Wildman–Crippen MR) is 62.7 cm³/mol. The van der Waals surface area contributed by atoms with Gasteiger partial charge in [0.15, 0.2) is 0 Å². The lowest BCUT2D eigenvalue weighted by atomic mass is 10.1. The number of fused-ring (bicyclic) bond motifs is 1. The lowest BCUT2D eigenvalue weighted by Crippen LogP contribution is -2.12. The molecule has 11 N–H and O–H groups in total. The molecule has 0 spiro atoms. The van der Waals surface area contributed by atoms with Gasteiger partial charge < -0.3 is 27.3 Å². The molecule has 0 atom stereocenters. The monoisotopic (exact) mass is 207 g/mol. The van der Waals surface area contributed by atoms with Gasteiger partial charge in [-0.25, -0.2) is 0 Å². The summed E-state index contributed by atoms with van der Waals surface area (Å²) >= 11 is 0. The first-order chi connectivity index (χ1) is 7.19. The van der Waals surface area contributed by atoms with Crippen LogP contribution in [0.1, 0.15) is 0 Å². The van der Waals surface area contributed by atoms with Gasteiger partial charge in [-0.15, -0.1) is 0 Å². The van der Waals surface area contributed by atoms with Crippen LogP contribution in [-0.2, 0) is 0 Å². The molecule has 2 aromatic rings. The number of hydrogen-bond donors (Lipinski definition) is 7. The first-order valence-electron chi connectivity index (χ1n) is 4.32. The lowest BCUT2D eigenvalue weighted by molar-refractivity contribution is 1.35. The molecule has 0 aliphatic carbocycles. The lowest BCUT2D eigenvalue weighted by Gasteiger charge is -2.07. The van der Waals surface area contributed by atoms with Crippen molar-refractivity contribution in [1.82, 2.24) is 4.98 Å². The molecule has 1 aromatic carbocycles. The zero-order valence-electron chi connectivity index (χ0n) is 7.96. The predicted octanol–water partition coefficient (Wildman–Crippen LogP) is -0.0965. The van der Waals surface area contributed by atoms with Crippen molar-refractivity contribution in [3.05, 3.63) is 12.1 Å². The number of rotatable bonds is 2. The number of nitrogens with one attached hydrogen (secondary N) is 3.